The number of rotatable bonds is 1. The molecule has 1 atom stereocenters. The van der Waals surface area contributed by atoms with Gasteiger partial charge in [-0.25, -0.2) is 9.59 Å². The van der Waals surface area contributed by atoms with E-state index in [2.05, 4.69) is 4.74 Å². The van der Waals surface area contributed by atoms with Gasteiger partial charge in [0.2, 0.25) is 4.87 Å². The van der Waals surface area contributed by atoms with Gasteiger partial charge in [0.05, 0.1) is 0 Å². The number of ether oxygens (including phenoxy) is 1. The normalized spacial score (nSPS) is 30.3. The van der Waals surface area contributed by atoms with Crippen molar-refractivity contribution in [2.75, 3.05) is 6.61 Å². The van der Waals surface area contributed by atoms with Gasteiger partial charge in [-0.05, 0) is 0 Å². The van der Waals surface area contributed by atoms with Gasteiger partial charge in [-0.15, -0.1) is 0 Å². The maximum atomic E-state index is 10.7. The molecule has 0 aromatic heterocycles. The largest absolute Gasteiger partial charge is 0.479 e. The Morgan fingerprint density at radius 1 is 1.64 bits per heavy atom. The molecule has 0 radical (unpaired) electrons. The molecule has 0 aromatic rings. The zero-order valence-corrected chi connectivity index (χ0v) is 5.92. The van der Waals surface area contributed by atoms with E-state index in [0.717, 1.165) is 0 Å². The lowest BCUT2D eigenvalue weighted by molar-refractivity contribution is -0.148. The lowest BCUT2D eigenvalue weighted by atomic mass is 10.1. The van der Waals surface area contributed by atoms with Crippen LogP contribution in [-0.2, 0) is 19.1 Å². The van der Waals surface area contributed by atoms with Crippen molar-refractivity contribution in [2.24, 2.45) is 0 Å². The molecule has 1 aliphatic rings. The molecule has 1 unspecified atom stereocenters. The van der Waals surface area contributed by atoms with E-state index in [1.807, 2.05) is 0 Å². The SMILES string of the molecule is O=C1OCC(Cl)(C(=O)O)C1=O. The number of cyclic esters (lactones) is 1. The van der Waals surface area contributed by atoms with Crippen molar-refractivity contribution in [3.63, 3.8) is 0 Å². The van der Waals surface area contributed by atoms with Crippen LogP contribution in [0, 0.1) is 0 Å². The van der Waals surface area contributed by atoms with Gasteiger partial charge < -0.3 is 9.84 Å². The number of aliphatic carboxylic acids is 1. The highest BCUT2D eigenvalue weighted by molar-refractivity contribution is 6.59. The van der Waals surface area contributed by atoms with E-state index in [1.165, 1.54) is 0 Å². The third kappa shape index (κ3) is 0.970. The predicted octanol–water partition coefficient (Wildman–Crippen LogP) is -0.825. The first-order valence-electron chi connectivity index (χ1n) is 2.62. The molecule has 0 aromatic carbocycles. The molecular formula is C5H3ClO5. The van der Waals surface area contributed by atoms with Gasteiger partial charge >= 0.3 is 11.9 Å². The van der Waals surface area contributed by atoms with Gasteiger partial charge in [0.1, 0.15) is 6.61 Å². The third-order valence-electron chi connectivity index (χ3n) is 1.29. The summed E-state index contributed by atoms with van der Waals surface area (Å²) in [5.41, 5.74) is 0. The highest BCUT2D eigenvalue weighted by atomic mass is 35.5. The van der Waals surface area contributed by atoms with Crippen molar-refractivity contribution in [3.8, 4) is 0 Å². The number of ketones is 1. The van der Waals surface area contributed by atoms with Gasteiger partial charge in [0, 0.05) is 0 Å². The number of esters is 1. The van der Waals surface area contributed by atoms with Gasteiger partial charge in [-0.2, -0.15) is 0 Å². The first kappa shape index (κ1) is 8.00. The number of Topliss-reactive ketones (excluding diaryl/α,β-unsaturated/α-hetero) is 1. The average molecular weight is 179 g/mol. The van der Waals surface area contributed by atoms with Crippen LogP contribution in [0.2, 0.25) is 0 Å². The van der Waals surface area contributed by atoms with Crippen molar-refractivity contribution in [3.05, 3.63) is 0 Å². The van der Waals surface area contributed by atoms with E-state index in [-0.39, 0.29) is 0 Å². The summed E-state index contributed by atoms with van der Waals surface area (Å²) in [7, 11) is 0. The second kappa shape index (κ2) is 2.20. The number of hydrogen-bond donors (Lipinski definition) is 1. The highest BCUT2D eigenvalue weighted by Gasteiger charge is 2.55. The summed E-state index contributed by atoms with van der Waals surface area (Å²) in [6.45, 7) is -0.596. The Morgan fingerprint density at radius 2 is 2.18 bits per heavy atom. The average Bonchev–Trinajstić information content (AvgIpc) is 2.18. The van der Waals surface area contributed by atoms with Gasteiger partial charge in [-0.1, -0.05) is 11.6 Å². The van der Waals surface area contributed by atoms with Crippen LogP contribution in [0.4, 0.5) is 0 Å². The van der Waals surface area contributed by atoms with Crippen LogP contribution in [0.1, 0.15) is 0 Å². The summed E-state index contributed by atoms with van der Waals surface area (Å²) in [6.07, 6.45) is 0. The van der Waals surface area contributed by atoms with Crippen LogP contribution in [0.25, 0.3) is 0 Å². The number of carboxylic acids is 1. The molecular weight excluding hydrogens is 176 g/mol. The number of halogens is 1. The van der Waals surface area contributed by atoms with E-state index < -0.39 is 29.2 Å². The van der Waals surface area contributed by atoms with E-state index in [9.17, 15) is 14.4 Å². The first-order valence-corrected chi connectivity index (χ1v) is 3.00. The summed E-state index contributed by atoms with van der Waals surface area (Å²) in [6, 6.07) is 0. The molecule has 11 heavy (non-hydrogen) atoms. The van der Waals surface area contributed by atoms with E-state index in [4.69, 9.17) is 16.7 Å². The fraction of sp³-hybridized carbons (Fsp3) is 0.400. The zero-order valence-electron chi connectivity index (χ0n) is 5.17. The van der Waals surface area contributed by atoms with Crippen molar-refractivity contribution < 1.29 is 24.2 Å². The summed E-state index contributed by atoms with van der Waals surface area (Å²) in [4.78, 5) is 29.2. The van der Waals surface area contributed by atoms with Crippen molar-refractivity contribution in [1.82, 2.24) is 0 Å². The number of hydrogen-bond acceptors (Lipinski definition) is 4. The first-order chi connectivity index (χ1) is 4.98. The fourth-order valence-corrected chi connectivity index (χ4v) is 0.748. The monoisotopic (exact) mass is 178 g/mol. The van der Waals surface area contributed by atoms with Crippen LogP contribution >= 0.6 is 11.6 Å². The van der Waals surface area contributed by atoms with Crippen molar-refractivity contribution >= 4 is 29.3 Å². The summed E-state index contributed by atoms with van der Waals surface area (Å²) in [5, 5.41) is 8.38. The smallest absolute Gasteiger partial charge is 0.377 e. The fourth-order valence-electron chi connectivity index (χ4n) is 0.617. The molecule has 0 bridgehead atoms. The Hall–Kier alpha value is -1.10. The number of alkyl halides is 1. The lowest BCUT2D eigenvalue weighted by Gasteiger charge is -2.06. The van der Waals surface area contributed by atoms with Crippen LogP contribution in [-0.4, -0.2) is 34.3 Å². The van der Waals surface area contributed by atoms with E-state index in [1.54, 1.807) is 0 Å². The Bertz CT molecular complexity index is 247. The van der Waals surface area contributed by atoms with Crippen molar-refractivity contribution in [1.29, 1.82) is 0 Å². The van der Waals surface area contributed by atoms with Crippen molar-refractivity contribution in [2.45, 2.75) is 4.87 Å². The minimum atomic E-state index is -2.20. The molecule has 6 heteroatoms. The molecule has 5 nitrogen and oxygen atoms in total. The maximum absolute atomic E-state index is 10.7. The van der Waals surface area contributed by atoms with Crippen LogP contribution in [0.15, 0.2) is 0 Å². The molecule has 60 valence electrons. The molecule has 1 rings (SSSR count). The molecule has 1 fully saturated rings. The Morgan fingerprint density at radius 3 is 2.36 bits per heavy atom. The summed E-state index contributed by atoms with van der Waals surface area (Å²) < 4.78 is 4.14. The standard InChI is InChI=1S/C5H3ClO5/c6-5(4(9)10)1-11-3(8)2(5)7/h1H2,(H,9,10). The highest BCUT2D eigenvalue weighted by Crippen LogP contribution is 2.23. The summed E-state index contributed by atoms with van der Waals surface area (Å²) >= 11 is 5.26. The Kier molecular flexibility index (Phi) is 1.60. The predicted molar refractivity (Wildman–Crippen MR) is 32.2 cm³/mol. The quantitative estimate of drug-likeness (QED) is 0.245. The zero-order chi connectivity index (χ0) is 8.65. The third-order valence-corrected chi connectivity index (χ3v) is 1.73. The maximum Gasteiger partial charge on any atom is 0.377 e. The molecule has 1 N–H and O–H groups in total. The molecule has 0 aliphatic carbocycles. The molecule has 1 saturated heterocycles. The molecule has 1 aliphatic heterocycles. The minimum Gasteiger partial charge on any atom is -0.479 e. The Balaban J connectivity index is 2.99. The van der Waals surface area contributed by atoms with Gasteiger partial charge in [-0.3, -0.25) is 4.79 Å². The van der Waals surface area contributed by atoms with Crippen LogP contribution < -0.4 is 0 Å². The second-order valence-electron chi connectivity index (χ2n) is 2.01. The van der Waals surface area contributed by atoms with Crippen LogP contribution in [0.5, 0.6) is 0 Å². The van der Waals surface area contributed by atoms with Gasteiger partial charge in [0.25, 0.3) is 5.78 Å². The number of carboxylic acid groups (broad SMARTS) is 1. The molecule has 0 spiro atoms. The topological polar surface area (TPSA) is 80.7 Å². The minimum absolute atomic E-state index is 0.596. The van der Waals surface area contributed by atoms with E-state index >= 15 is 0 Å². The number of carbonyl (C=O) groups is 3. The van der Waals surface area contributed by atoms with Crippen LogP contribution in [0.3, 0.4) is 0 Å². The lowest BCUT2D eigenvalue weighted by Crippen LogP contribution is -2.41. The molecule has 1 heterocycles. The van der Waals surface area contributed by atoms with E-state index in [0.29, 0.717) is 0 Å². The number of carbonyl (C=O) groups excluding carboxylic acids is 2. The summed E-state index contributed by atoms with van der Waals surface area (Å²) in [5.74, 6) is -3.97. The second-order valence-corrected chi connectivity index (χ2v) is 2.66. The molecule has 0 amide bonds. The van der Waals surface area contributed by atoms with Gasteiger partial charge in [0.15, 0.2) is 0 Å². The molecule has 0 saturated carbocycles. The Labute approximate surface area is 65.9 Å².